The zero-order valence-corrected chi connectivity index (χ0v) is 24.4. The van der Waals surface area contributed by atoms with E-state index in [0.717, 1.165) is 29.6 Å². The van der Waals surface area contributed by atoms with Crippen LogP contribution in [0.4, 0.5) is 17.5 Å². The third kappa shape index (κ3) is 9.81. The van der Waals surface area contributed by atoms with Crippen molar-refractivity contribution >= 4 is 40.2 Å². The molecule has 218 valence electrons. The Labute approximate surface area is 240 Å². The van der Waals surface area contributed by atoms with E-state index < -0.39 is 0 Å². The first-order chi connectivity index (χ1) is 19.8. The van der Waals surface area contributed by atoms with Crippen LogP contribution >= 0.6 is 0 Å². The van der Waals surface area contributed by atoms with Crippen LogP contribution in [0, 0.1) is 11.8 Å². The van der Waals surface area contributed by atoms with Gasteiger partial charge in [0.25, 0.3) is 0 Å². The summed E-state index contributed by atoms with van der Waals surface area (Å²) in [7, 11) is 7.03. The number of amides is 2. The molecule has 0 radical (unpaired) electrons. The summed E-state index contributed by atoms with van der Waals surface area (Å²) in [6.07, 6.45) is 7.15. The second kappa shape index (κ2) is 15.8. The van der Waals surface area contributed by atoms with Crippen molar-refractivity contribution in [1.82, 2.24) is 35.3 Å². The molecule has 0 bridgehead atoms. The SMILES string of the molecule is CCCNc1nc(Nc2ccc3c(OC)n[nH]c3c2)ncc1C#CCCCNC(=O)CN(C)C(=O)/C=C/CN(C)C. The predicted octanol–water partition coefficient (Wildman–Crippen LogP) is 2.75. The number of anilines is 3. The van der Waals surface area contributed by atoms with Gasteiger partial charge >= 0.3 is 0 Å². The van der Waals surface area contributed by atoms with Crippen LogP contribution < -0.4 is 20.7 Å². The van der Waals surface area contributed by atoms with Crippen molar-refractivity contribution in [3.63, 3.8) is 0 Å². The third-order valence-corrected chi connectivity index (χ3v) is 5.82. The van der Waals surface area contributed by atoms with E-state index in [-0.39, 0.29) is 18.4 Å². The smallest absolute Gasteiger partial charge is 0.246 e. The van der Waals surface area contributed by atoms with Gasteiger partial charge in [-0.2, -0.15) is 4.98 Å². The molecule has 0 aliphatic heterocycles. The number of H-pyrrole nitrogens is 1. The molecule has 0 fully saturated rings. The van der Waals surface area contributed by atoms with Gasteiger partial charge in [-0.25, -0.2) is 4.98 Å². The second-order valence-electron chi connectivity index (χ2n) is 9.62. The average Bonchev–Trinajstić information content (AvgIpc) is 3.36. The van der Waals surface area contributed by atoms with Crippen LogP contribution in [0.1, 0.15) is 31.7 Å². The zero-order chi connectivity index (χ0) is 29.6. The van der Waals surface area contributed by atoms with Crippen molar-refractivity contribution in [2.75, 3.05) is 65.1 Å². The number of carbonyl (C=O) groups excluding carboxylic acids is 2. The zero-order valence-electron chi connectivity index (χ0n) is 24.4. The summed E-state index contributed by atoms with van der Waals surface area (Å²) < 4.78 is 5.25. The number of methoxy groups -OCH3 is 1. The molecule has 0 spiro atoms. The molecule has 2 heterocycles. The molecular formula is C29H39N9O3. The van der Waals surface area contributed by atoms with Gasteiger partial charge < -0.3 is 30.5 Å². The second-order valence-corrected chi connectivity index (χ2v) is 9.62. The number of hydrogen-bond acceptors (Lipinski definition) is 9. The van der Waals surface area contributed by atoms with Gasteiger partial charge in [-0.3, -0.25) is 14.7 Å². The van der Waals surface area contributed by atoms with Gasteiger partial charge in [-0.15, -0.1) is 5.10 Å². The maximum Gasteiger partial charge on any atom is 0.246 e. The van der Waals surface area contributed by atoms with Crippen LogP contribution in [-0.2, 0) is 9.59 Å². The van der Waals surface area contributed by atoms with E-state index in [2.05, 4.69) is 54.9 Å². The lowest BCUT2D eigenvalue weighted by Gasteiger charge is -2.14. The Balaban J connectivity index is 1.51. The van der Waals surface area contributed by atoms with Gasteiger partial charge in [0.2, 0.25) is 23.6 Å². The Hall–Kier alpha value is -4.63. The Morgan fingerprint density at radius 1 is 1.20 bits per heavy atom. The van der Waals surface area contributed by atoms with Crippen LogP contribution in [0.25, 0.3) is 10.9 Å². The topological polar surface area (TPSA) is 140 Å². The number of aromatic nitrogens is 4. The first kappa shape index (κ1) is 30.9. The molecule has 0 saturated carbocycles. The monoisotopic (exact) mass is 561 g/mol. The Bertz CT molecular complexity index is 1410. The number of nitrogens with zero attached hydrogens (tertiary/aromatic N) is 5. The van der Waals surface area contributed by atoms with Gasteiger partial charge in [-0.05, 0) is 45.1 Å². The third-order valence-electron chi connectivity index (χ3n) is 5.82. The summed E-state index contributed by atoms with van der Waals surface area (Å²) in [4.78, 5) is 36.6. The molecule has 2 amide bonds. The highest BCUT2D eigenvalue weighted by molar-refractivity contribution is 5.91. The molecule has 12 heteroatoms. The molecule has 3 aromatic rings. The first-order valence-electron chi connectivity index (χ1n) is 13.5. The highest BCUT2D eigenvalue weighted by Crippen LogP contribution is 2.26. The molecule has 2 aromatic heterocycles. The fourth-order valence-corrected chi connectivity index (χ4v) is 3.67. The summed E-state index contributed by atoms with van der Waals surface area (Å²) in [5, 5.41) is 17.4. The number of nitrogens with one attached hydrogen (secondary N) is 4. The minimum Gasteiger partial charge on any atom is -0.480 e. The average molecular weight is 562 g/mol. The molecule has 0 unspecified atom stereocenters. The maximum absolute atomic E-state index is 12.2. The molecule has 0 aliphatic rings. The van der Waals surface area contributed by atoms with Gasteiger partial charge in [0.1, 0.15) is 5.82 Å². The number of carbonyl (C=O) groups is 2. The Morgan fingerprint density at radius 3 is 2.78 bits per heavy atom. The standard InChI is InChI=1S/C29H39N9O3/c1-6-15-31-27-21(11-8-7-9-16-30-25(39)20-38(4)26(40)12-10-17-37(2)3)19-32-29(34-27)33-22-13-14-23-24(18-22)35-36-28(23)41-5/h10,12-14,18-19H,6-7,9,15-17,20H2,1-5H3,(H,30,39)(H,35,36)(H2,31,32,33,34)/b12-10+. The molecule has 12 nitrogen and oxygen atoms in total. The number of rotatable bonds is 14. The Morgan fingerprint density at radius 2 is 2.02 bits per heavy atom. The molecule has 0 atom stereocenters. The van der Waals surface area contributed by atoms with E-state index in [4.69, 9.17) is 4.74 Å². The summed E-state index contributed by atoms with van der Waals surface area (Å²) in [5.74, 6) is 7.51. The molecule has 0 saturated heterocycles. The van der Waals surface area contributed by atoms with Crippen molar-refractivity contribution in [3.05, 3.63) is 42.1 Å². The number of aromatic amines is 1. The molecule has 1 aromatic carbocycles. The molecule has 0 aliphatic carbocycles. The molecular weight excluding hydrogens is 522 g/mol. The Kier molecular flexibility index (Phi) is 11.9. The number of fused-ring (bicyclic) bond motifs is 1. The number of ether oxygens (including phenoxy) is 1. The molecule has 41 heavy (non-hydrogen) atoms. The van der Waals surface area contributed by atoms with Gasteiger partial charge in [0, 0.05) is 44.9 Å². The summed E-state index contributed by atoms with van der Waals surface area (Å²) in [6.45, 7) is 3.97. The maximum atomic E-state index is 12.2. The van der Waals surface area contributed by atoms with E-state index in [0.29, 0.717) is 49.1 Å². The lowest BCUT2D eigenvalue weighted by Crippen LogP contribution is -2.38. The quantitative estimate of drug-likeness (QED) is 0.133. The molecule has 4 N–H and O–H groups in total. The highest BCUT2D eigenvalue weighted by Gasteiger charge is 2.11. The normalized spacial score (nSPS) is 10.9. The number of likely N-dealkylation sites (N-methyl/N-ethyl adjacent to an activating group) is 2. The van der Waals surface area contributed by atoms with E-state index in [1.54, 1.807) is 26.4 Å². The summed E-state index contributed by atoms with van der Waals surface area (Å²) in [5.41, 5.74) is 2.34. The van der Waals surface area contributed by atoms with Crippen LogP contribution in [-0.4, -0.2) is 96.2 Å². The van der Waals surface area contributed by atoms with E-state index >= 15 is 0 Å². The predicted molar refractivity (Wildman–Crippen MR) is 161 cm³/mol. The van der Waals surface area contributed by atoms with Crippen LogP contribution in [0.3, 0.4) is 0 Å². The van der Waals surface area contributed by atoms with Crippen LogP contribution in [0.2, 0.25) is 0 Å². The number of benzene rings is 1. The van der Waals surface area contributed by atoms with Gasteiger partial charge in [0.15, 0.2) is 0 Å². The van der Waals surface area contributed by atoms with Gasteiger partial charge in [0.05, 0.1) is 36.3 Å². The summed E-state index contributed by atoms with van der Waals surface area (Å²) in [6, 6.07) is 5.75. The van der Waals surface area contributed by atoms with Crippen molar-refractivity contribution < 1.29 is 14.3 Å². The van der Waals surface area contributed by atoms with Crippen molar-refractivity contribution in [1.29, 1.82) is 0 Å². The fraction of sp³-hybridized carbons (Fsp3) is 0.414. The van der Waals surface area contributed by atoms with Crippen molar-refractivity contribution in [3.8, 4) is 17.7 Å². The van der Waals surface area contributed by atoms with E-state index in [1.807, 2.05) is 37.2 Å². The van der Waals surface area contributed by atoms with Crippen molar-refractivity contribution in [2.45, 2.75) is 26.2 Å². The molecule has 3 rings (SSSR count). The lowest BCUT2D eigenvalue weighted by atomic mass is 10.2. The van der Waals surface area contributed by atoms with E-state index in [1.165, 1.54) is 11.0 Å². The number of unbranched alkanes of at least 4 members (excludes halogenated alkanes) is 1. The fourth-order valence-electron chi connectivity index (χ4n) is 3.67. The highest BCUT2D eigenvalue weighted by atomic mass is 16.5. The minimum atomic E-state index is -0.205. The van der Waals surface area contributed by atoms with Crippen LogP contribution in [0.15, 0.2) is 36.5 Å². The minimum absolute atomic E-state index is 0.00490. The van der Waals surface area contributed by atoms with Gasteiger partial charge in [-0.1, -0.05) is 24.8 Å². The number of hydrogen-bond donors (Lipinski definition) is 4. The summed E-state index contributed by atoms with van der Waals surface area (Å²) >= 11 is 0. The largest absolute Gasteiger partial charge is 0.480 e. The van der Waals surface area contributed by atoms with Crippen molar-refractivity contribution in [2.24, 2.45) is 0 Å². The first-order valence-corrected chi connectivity index (χ1v) is 13.5. The van der Waals surface area contributed by atoms with Crippen LogP contribution in [0.5, 0.6) is 5.88 Å². The van der Waals surface area contributed by atoms with E-state index in [9.17, 15) is 9.59 Å². The lowest BCUT2D eigenvalue weighted by molar-refractivity contribution is -0.131.